The second-order valence-electron chi connectivity index (χ2n) is 1.08. The topological polar surface area (TPSA) is 88.9 Å². The lowest BCUT2D eigenvalue weighted by atomic mass is 10.8. The van der Waals surface area contributed by atoms with Gasteiger partial charge in [-0.15, -0.1) is 6.58 Å². The summed E-state index contributed by atoms with van der Waals surface area (Å²) in [5, 5.41) is 5.49. The fourth-order valence-corrected chi connectivity index (χ4v) is 0.465. The van der Waals surface area contributed by atoms with E-state index in [2.05, 4.69) is 6.58 Å². The quantitative estimate of drug-likeness (QED) is 0.224. The largest absolute Gasteiger partial charge is 0.324 e. The Morgan fingerprint density at radius 3 is 2.50 bits per heavy atom. The summed E-state index contributed by atoms with van der Waals surface area (Å²) in [6.45, 7) is 3.49. The molecule has 0 atom stereocenters. The van der Waals surface area contributed by atoms with E-state index in [4.69, 9.17) is 20.6 Å². The van der Waals surface area contributed by atoms with E-state index in [1.807, 2.05) is 0 Å². The summed E-state index contributed by atoms with van der Waals surface area (Å²) >= 11 is 1.39. The van der Waals surface area contributed by atoms with Gasteiger partial charge in [-0.25, -0.2) is 4.57 Å². The first-order chi connectivity index (χ1) is 4.68. The average molecular weight is 181 g/mol. The van der Waals surface area contributed by atoms with Crippen LogP contribution < -0.4 is 11.1 Å². The molecule has 0 aliphatic heterocycles. The van der Waals surface area contributed by atoms with Crippen LogP contribution in [0, 0.1) is 0 Å². The molecule has 0 saturated heterocycles. The molecule has 0 bridgehead atoms. The lowest BCUT2D eigenvalue weighted by molar-refractivity contribution is -0.110. The summed E-state index contributed by atoms with van der Waals surface area (Å²) in [5.41, 5.74) is 5.09. The highest BCUT2D eigenvalue weighted by Gasteiger charge is 1.88. The van der Waals surface area contributed by atoms with Crippen molar-refractivity contribution in [2.24, 2.45) is 5.73 Å². The average Bonchev–Trinajstić information content (AvgIpc) is 1.85. The number of nitrogens with two attached hydrogens (primary N) is 2. The van der Waals surface area contributed by atoms with Crippen LogP contribution in [0.1, 0.15) is 0 Å². The molecule has 0 spiro atoms. The normalized spacial score (nSPS) is 7.70. The summed E-state index contributed by atoms with van der Waals surface area (Å²) in [7, 11) is -0.833. The predicted octanol–water partition coefficient (Wildman–Crippen LogP) is -0.835. The van der Waals surface area contributed by atoms with Crippen LogP contribution >= 0.6 is 20.4 Å². The fourth-order valence-electron chi connectivity index (χ4n) is 0.155. The molecule has 0 aliphatic rings. The lowest BCUT2D eigenvalue weighted by Gasteiger charge is -1.81. The highest BCUT2D eigenvalue weighted by Crippen LogP contribution is 1.92. The van der Waals surface area contributed by atoms with Gasteiger partial charge in [0.1, 0.15) is 0 Å². The number of amidine groups is 1. The third-order valence-electron chi connectivity index (χ3n) is 0.368. The molecule has 0 fully saturated rings. The summed E-state index contributed by atoms with van der Waals surface area (Å²) in [5.74, 6) is 0.794. The third kappa shape index (κ3) is 25.5. The minimum absolute atomic E-state index is 0.403. The van der Waals surface area contributed by atoms with Gasteiger partial charge in [0.2, 0.25) is 0 Å². The zero-order chi connectivity index (χ0) is 8.41. The molecular weight excluding hydrogens is 171 g/mol. The van der Waals surface area contributed by atoms with Gasteiger partial charge >= 0.3 is 8.69 Å². The Morgan fingerprint density at radius 2 is 2.40 bits per heavy atom. The molecule has 5 N–H and O–H groups in total. The Morgan fingerprint density at radius 1 is 2.00 bits per heavy atom. The van der Waals surface area contributed by atoms with Crippen molar-refractivity contribution in [1.82, 2.24) is 0 Å². The van der Waals surface area contributed by atoms with Gasteiger partial charge in [-0.3, -0.25) is 11.1 Å². The molecule has 6 heteroatoms. The predicted molar refractivity (Wildman–Crippen MR) is 43.6 cm³/mol. The third-order valence-corrected chi connectivity index (χ3v) is 1.10. The molecule has 0 amide bonds. The number of rotatable bonds is 2. The zero-order valence-corrected chi connectivity index (χ0v) is 7.07. The van der Waals surface area contributed by atoms with Crippen molar-refractivity contribution in [2.75, 3.05) is 5.75 Å². The molecule has 0 aliphatic carbocycles. The minimum atomic E-state index is -0.833. The molecule has 4 nitrogen and oxygen atoms in total. The molecule has 0 rings (SSSR count). The van der Waals surface area contributed by atoms with Crippen molar-refractivity contribution < 1.29 is 14.9 Å². The summed E-state index contributed by atoms with van der Waals surface area (Å²) < 4.78 is 8.46. The Bertz CT molecular complexity index is 120. The van der Waals surface area contributed by atoms with Crippen LogP contribution in [0.2, 0.25) is 0 Å². The van der Waals surface area contributed by atoms with Gasteiger partial charge in [0.25, 0.3) is 5.17 Å². The van der Waals surface area contributed by atoms with Crippen LogP contribution in [0.3, 0.4) is 0 Å². The van der Waals surface area contributed by atoms with Gasteiger partial charge in [0.15, 0.2) is 0 Å². The van der Waals surface area contributed by atoms with Crippen LogP contribution in [0.5, 0.6) is 0 Å². The van der Waals surface area contributed by atoms with E-state index in [-0.39, 0.29) is 0 Å². The van der Waals surface area contributed by atoms with Gasteiger partial charge < -0.3 is 4.89 Å². The molecule has 0 aromatic heterocycles. The first-order valence-electron chi connectivity index (χ1n) is 2.27. The number of thioether (sulfide) groups is 1. The number of hydrogen-bond donors (Lipinski definition) is 3. The van der Waals surface area contributed by atoms with E-state index in [1.54, 1.807) is 6.08 Å². The maximum absolute atomic E-state index is 8.46. The van der Waals surface area contributed by atoms with E-state index < -0.39 is 8.69 Å². The first kappa shape index (κ1) is 12.3. The van der Waals surface area contributed by atoms with Crippen LogP contribution in [0.4, 0.5) is 0 Å². The Kier molecular flexibility index (Phi) is 14.1. The highest BCUT2D eigenvalue weighted by molar-refractivity contribution is 8.13. The summed E-state index contributed by atoms with van der Waals surface area (Å²) in [6.07, 6.45) is 1.75. The Balaban J connectivity index is 0. The zero-order valence-electron chi connectivity index (χ0n) is 5.36. The first-order valence-corrected chi connectivity index (χ1v) is 4.02. The van der Waals surface area contributed by atoms with E-state index in [9.17, 15) is 0 Å². The van der Waals surface area contributed by atoms with E-state index in [0.29, 0.717) is 5.17 Å². The van der Waals surface area contributed by atoms with Crippen LogP contribution in [-0.2, 0) is 4.57 Å². The maximum atomic E-state index is 8.46. The SMILES string of the molecule is C=CCSC(N)=[NH2+].O=PO. The molecule has 0 heterocycles. The van der Waals surface area contributed by atoms with Gasteiger partial charge in [-0.2, -0.15) is 0 Å². The Labute approximate surface area is 65.3 Å². The molecule has 58 valence electrons. The molecule has 0 radical (unpaired) electrons. The van der Waals surface area contributed by atoms with E-state index >= 15 is 0 Å². The van der Waals surface area contributed by atoms with Gasteiger partial charge in [0, 0.05) is 5.75 Å². The summed E-state index contributed by atoms with van der Waals surface area (Å²) in [6, 6.07) is 0. The van der Waals surface area contributed by atoms with Crippen LogP contribution in [-0.4, -0.2) is 15.8 Å². The van der Waals surface area contributed by atoms with Crippen molar-refractivity contribution in [1.29, 1.82) is 0 Å². The second-order valence-corrected chi connectivity index (χ2v) is 2.34. The van der Waals surface area contributed by atoms with Crippen molar-refractivity contribution >= 4 is 25.6 Å². The van der Waals surface area contributed by atoms with E-state index in [0.717, 1.165) is 5.75 Å². The molecule has 0 aromatic rings. The van der Waals surface area contributed by atoms with Crippen molar-refractivity contribution in [2.45, 2.75) is 0 Å². The monoisotopic (exact) mass is 181 g/mol. The molecule has 0 aromatic carbocycles. The second kappa shape index (κ2) is 11.4. The molecular formula is C4H10N2O2PS+. The Hall–Kier alpha value is -0.380. The number of hydrogen-bond acceptors (Lipinski definition) is 2. The maximum Gasteiger partial charge on any atom is 0.324 e. The van der Waals surface area contributed by atoms with Gasteiger partial charge in [0.05, 0.1) is 0 Å². The molecule has 10 heavy (non-hydrogen) atoms. The van der Waals surface area contributed by atoms with Crippen LogP contribution in [0.25, 0.3) is 0 Å². The van der Waals surface area contributed by atoms with Gasteiger partial charge in [-0.1, -0.05) is 6.08 Å². The summed E-state index contributed by atoms with van der Waals surface area (Å²) in [4.78, 5) is 6.99. The van der Waals surface area contributed by atoms with Crippen molar-refractivity contribution in [3.8, 4) is 0 Å². The standard InChI is InChI=1S/C4H8N2S.HO2P/c1-2-3-7-4(5)6;1-3-2/h2H,1,3H2,(H3,5,6);(H,1,2)/p+1. The smallest absolute Gasteiger partial charge is 0.310 e. The fraction of sp³-hybridized carbons (Fsp3) is 0.250. The van der Waals surface area contributed by atoms with Crippen molar-refractivity contribution in [3.63, 3.8) is 0 Å². The van der Waals surface area contributed by atoms with Gasteiger partial charge in [-0.05, 0) is 11.8 Å². The van der Waals surface area contributed by atoms with Crippen molar-refractivity contribution in [3.05, 3.63) is 12.7 Å². The molecule has 0 saturated carbocycles. The molecule has 0 unspecified atom stereocenters. The lowest BCUT2D eigenvalue weighted by Crippen LogP contribution is -2.43. The van der Waals surface area contributed by atoms with E-state index in [1.165, 1.54) is 11.8 Å². The minimum Gasteiger partial charge on any atom is -0.310 e. The highest BCUT2D eigenvalue weighted by atomic mass is 32.2. The van der Waals surface area contributed by atoms with Crippen LogP contribution in [0.15, 0.2) is 12.7 Å².